The van der Waals surface area contributed by atoms with Crippen LogP contribution in [0.3, 0.4) is 0 Å². The molecule has 0 atom stereocenters. The Kier molecular flexibility index (Phi) is 3.18. The maximum absolute atomic E-state index is 11.0. The van der Waals surface area contributed by atoms with E-state index in [1.807, 2.05) is 0 Å². The Bertz CT molecular complexity index is 380. The molecule has 6 heteroatoms. The molecule has 0 fully saturated rings. The van der Waals surface area contributed by atoms with Crippen LogP contribution in [0.2, 0.25) is 0 Å². The Morgan fingerprint density at radius 3 is 2.60 bits per heavy atom. The fraction of sp³-hybridized carbons (Fsp3) is 0.556. The van der Waals surface area contributed by atoms with Crippen LogP contribution in [0.5, 0.6) is 0 Å². The van der Waals surface area contributed by atoms with Gasteiger partial charge in [-0.05, 0) is 20.8 Å². The summed E-state index contributed by atoms with van der Waals surface area (Å²) in [5.74, 6) is -0.705. The van der Waals surface area contributed by atoms with Crippen LogP contribution in [-0.4, -0.2) is 11.8 Å². The highest BCUT2D eigenvalue weighted by Crippen LogP contribution is 2.09. The molecule has 0 unspecified atom stereocenters. The Hall–Kier alpha value is -1.72. The Morgan fingerprint density at radius 1 is 1.47 bits per heavy atom. The predicted octanol–water partition coefficient (Wildman–Crippen LogP) is 1.68. The average Bonchev–Trinajstić information content (AvgIpc) is 2.45. The molecule has 0 aromatic carbocycles. The molecule has 6 nitrogen and oxygen atoms in total. The maximum atomic E-state index is 11.0. The fourth-order valence-electron chi connectivity index (χ4n) is 0.742. The number of carbonyl (C=O) groups is 1. The molecule has 0 radical (unpaired) electrons. The van der Waals surface area contributed by atoms with Gasteiger partial charge in [0.25, 0.3) is 0 Å². The zero-order valence-electron chi connectivity index (χ0n) is 8.73. The second-order valence-electron chi connectivity index (χ2n) is 3.81. The fourth-order valence-corrected chi connectivity index (χ4v) is 0.742. The lowest BCUT2D eigenvalue weighted by Gasteiger charge is -2.18. The molecule has 1 aromatic heterocycles. The smallest absolute Gasteiger partial charge is 0.429 e. The average molecular weight is 216 g/mol. The van der Waals surface area contributed by atoms with E-state index in [4.69, 9.17) is 4.74 Å². The summed E-state index contributed by atoms with van der Waals surface area (Å²) < 4.78 is 18.4. The van der Waals surface area contributed by atoms with E-state index in [9.17, 15) is 9.59 Å². The van der Waals surface area contributed by atoms with Crippen LogP contribution in [0, 0.1) is 0 Å². The molecule has 84 valence electrons. The van der Waals surface area contributed by atoms with Gasteiger partial charge in [-0.2, -0.15) is 0 Å². The molecule has 0 N–H and O–H groups in total. The van der Waals surface area contributed by atoms with Gasteiger partial charge < -0.3 is 18.3 Å². The SMILES string of the molecule is CC(C)(C)OC(=O)OCc1coc(=O)o1. The second-order valence-corrected chi connectivity index (χ2v) is 3.81. The first-order valence-electron chi connectivity index (χ1n) is 4.30. The van der Waals surface area contributed by atoms with Gasteiger partial charge in [0.05, 0.1) is 0 Å². The van der Waals surface area contributed by atoms with Gasteiger partial charge in [0, 0.05) is 0 Å². The van der Waals surface area contributed by atoms with Crippen LogP contribution >= 0.6 is 0 Å². The first-order valence-corrected chi connectivity index (χ1v) is 4.30. The number of carbonyl (C=O) groups excluding carboxylic acids is 1. The lowest BCUT2D eigenvalue weighted by Crippen LogP contribution is -2.24. The second kappa shape index (κ2) is 4.20. The van der Waals surface area contributed by atoms with Crippen LogP contribution in [0.1, 0.15) is 26.5 Å². The monoisotopic (exact) mass is 216 g/mol. The van der Waals surface area contributed by atoms with E-state index in [0.717, 1.165) is 6.26 Å². The van der Waals surface area contributed by atoms with Gasteiger partial charge in [0.15, 0.2) is 12.4 Å². The highest BCUT2D eigenvalue weighted by molar-refractivity contribution is 5.60. The molecular weight excluding hydrogens is 204 g/mol. The molecule has 1 aromatic rings. The predicted molar refractivity (Wildman–Crippen MR) is 48.3 cm³/mol. The van der Waals surface area contributed by atoms with Crippen molar-refractivity contribution in [1.82, 2.24) is 0 Å². The van der Waals surface area contributed by atoms with Gasteiger partial charge >= 0.3 is 12.0 Å². The molecular formula is C9H12O6. The lowest BCUT2D eigenvalue weighted by molar-refractivity contribution is -0.0133. The van der Waals surface area contributed by atoms with Crippen molar-refractivity contribution in [3.8, 4) is 0 Å². The van der Waals surface area contributed by atoms with Crippen molar-refractivity contribution in [3.05, 3.63) is 22.6 Å². The molecule has 1 heterocycles. The van der Waals surface area contributed by atoms with Crippen molar-refractivity contribution in [2.45, 2.75) is 33.0 Å². The minimum atomic E-state index is -0.835. The van der Waals surface area contributed by atoms with Crippen molar-refractivity contribution in [2.75, 3.05) is 0 Å². The minimum absolute atomic E-state index is 0.130. The summed E-state index contributed by atoms with van der Waals surface area (Å²) in [7, 11) is 0. The lowest BCUT2D eigenvalue weighted by atomic mass is 10.2. The van der Waals surface area contributed by atoms with Gasteiger partial charge in [0.2, 0.25) is 0 Å². The van der Waals surface area contributed by atoms with Gasteiger partial charge in [0.1, 0.15) is 11.9 Å². The van der Waals surface area contributed by atoms with Crippen molar-refractivity contribution in [2.24, 2.45) is 0 Å². The summed E-state index contributed by atoms with van der Waals surface area (Å²) in [6.07, 6.45) is 0.249. The first kappa shape index (κ1) is 11.4. The van der Waals surface area contributed by atoms with E-state index in [-0.39, 0.29) is 12.4 Å². The number of ether oxygens (including phenoxy) is 2. The van der Waals surface area contributed by atoms with Crippen LogP contribution < -0.4 is 5.82 Å². The van der Waals surface area contributed by atoms with E-state index in [2.05, 4.69) is 13.6 Å². The van der Waals surface area contributed by atoms with E-state index in [0.29, 0.717) is 0 Å². The molecule has 15 heavy (non-hydrogen) atoms. The summed E-state index contributed by atoms with van der Waals surface area (Å²) in [6.45, 7) is 4.95. The maximum Gasteiger partial charge on any atom is 0.518 e. The van der Waals surface area contributed by atoms with E-state index < -0.39 is 17.6 Å². The Morgan fingerprint density at radius 2 is 2.13 bits per heavy atom. The van der Waals surface area contributed by atoms with Crippen LogP contribution in [-0.2, 0) is 16.1 Å². The molecule has 1 rings (SSSR count). The minimum Gasteiger partial charge on any atom is -0.429 e. The van der Waals surface area contributed by atoms with Gasteiger partial charge in [-0.3, -0.25) is 0 Å². The van der Waals surface area contributed by atoms with Crippen molar-refractivity contribution < 1.29 is 23.1 Å². The van der Waals surface area contributed by atoms with Crippen LogP contribution in [0.4, 0.5) is 4.79 Å². The third-order valence-electron chi connectivity index (χ3n) is 1.22. The topological polar surface area (TPSA) is 78.9 Å². The Balaban J connectivity index is 2.38. The highest BCUT2D eigenvalue weighted by Gasteiger charge is 2.17. The van der Waals surface area contributed by atoms with E-state index >= 15 is 0 Å². The molecule has 0 aliphatic rings. The van der Waals surface area contributed by atoms with Crippen molar-refractivity contribution >= 4 is 6.16 Å². The molecule has 0 aliphatic carbocycles. The summed E-state index contributed by atoms with van der Waals surface area (Å²) in [6, 6.07) is 0. The summed E-state index contributed by atoms with van der Waals surface area (Å²) in [5.41, 5.74) is -0.617. The highest BCUT2D eigenvalue weighted by atomic mass is 16.7. The molecule has 0 amide bonds. The van der Waals surface area contributed by atoms with Crippen LogP contribution in [0.25, 0.3) is 0 Å². The Labute approximate surface area is 85.8 Å². The quantitative estimate of drug-likeness (QED) is 0.700. The van der Waals surface area contributed by atoms with Gasteiger partial charge in [-0.1, -0.05) is 0 Å². The normalized spacial score (nSPS) is 11.1. The van der Waals surface area contributed by atoms with Crippen LogP contribution in [0.15, 0.2) is 19.9 Å². The largest absolute Gasteiger partial charge is 0.518 e. The molecule has 0 saturated heterocycles. The summed E-state index contributed by atoms with van der Waals surface area (Å²) in [4.78, 5) is 21.5. The van der Waals surface area contributed by atoms with Gasteiger partial charge in [-0.15, -0.1) is 0 Å². The molecule has 0 aliphatic heterocycles. The third-order valence-corrected chi connectivity index (χ3v) is 1.22. The summed E-state index contributed by atoms with van der Waals surface area (Å²) >= 11 is 0. The third kappa shape index (κ3) is 4.35. The summed E-state index contributed by atoms with van der Waals surface area (Å²) in [5, 5.41) is 0. The zero-order chi connectivity index (χ0) is 11.5. The van der Waals surface area contributed by atoms with Crippen molar-refractivity contribution in [1.29, 1.82) is 0 Å². The van der Waals surface area contributed by atoms with Crippen molar-refractivity contribution in [3.63, 3.8) is 0 Å². The van der Waals surface area contributed by atoms with E-state index in [1.165, 1.54) is 0 Å². The number of hydrogen-bond donors (Lipinski definition) is 0. The number of hydrogen-bond acceptors (Lipinski definition) is 6. The molecule has 0 saturated carbocycles. The molecule has 0 spiro atoms. The molecule has 0 bridgehead atoms. The zero-order valence-corrected chi connectivity index (χ0v) is 8.73. The standard InChI is InChI=1S/C9H12O6/c1-9(2,3)15-8(11)13-5-6-4-12-7(10)14-6/h4H,5H2,1-3H3. The number of rotatable bonds is 2. The van der Waals surface area contributed by atoms with Gasteiger partial charge in [-0.25, -0.2) is 9.59 Å². The van der Waals surface area contributed by atoms with E-state index in [1.54, 1.807) is 20.8 Å². The first-order chi connectivity index (χ1) is 6.87.